The molecule has 0 spiro atoms. The highest BCUT2D eigenvalue weighted by molar-refractivity contribution is 5.99. The van der Waals surface area contributed by atoms with Gasteiger partial charge in [0.25, 0.3) is 0 Å². The van der Waals surface area contributed by atoms with Crippen molar-refractivity contribution in [2.75, 3.05) is 22.6 Å². The smallest absolute Gasteiger partial charge is 0.247 e. The number of aliphatic hydroxyl groups is 1. The van der Waals surface area contributed by atoms with Crippen LogP contribution in [0.2, 0.25) is 0 Å². The second-order valence-corrected chi connectivity index (χ2v) is 7.58. The molecule has 0 saturated carbocycles. The number of halogens is 2. The van der Waals surface area contributed by atoms with Gasteiger partial charge in [-0.05, 0) is 50.3 Å². The van der Waals surface area contributed by atoms with E-state index in [1.807, 2.05) is 0 Å². The molecule has 33 heavy (non-hydrogen) atoms. The Labute approximate surface area is 189 Å². The predicted molar refractivity (Wildman–Crippen MR) is 122 cm³/mol. The Balaban J connectivity index is 1.76. The average molecular weight is 455 g/mol. The molecule has 0 fully saturated rings. The third-order valence-electron chi connectivity index (χ3n) is 4.28. The van der Waals surface area contributed by atoms with E-state index in [-0.39, 0.29) is 30.0 Å². The number of rotatable bonds is 9. The molecular weight excluding hydrogens is 432 g/mol. The van der Waals surface area contributed by atoms with Crippen molar-refractivity contribution >= 4 is 34.7 Å². The van der Waals surface area contributed by atoms with Gasteiger partial charge in [0.05, 0.1) is 12.8 Å². The van der Waals surface area contributed by atoms with E-state index in [0.29, 0.717) is 17.1 Å². The number of anilines is 5. The zero-order valence-corrected chi connectivity index (χ0v) is 18.0. The molecular formula is C23H23F2N5O3. The zero-order chi connectivity index (χ0) is 24.0. The van der Waals surface area contributed by atoms with Gasteiger partial charge in [0.1, 0.15) is 5.60 Å². The molecule has 1 amide bonds. The summed E-state index contributed by atoms with van der Waals surface area (Å²) in [5.41, 5.74) is 0.329. The van der Waals surface area contributed by atoms with E-state index in [0.717, 1.165) is 12.3 Å². The maximum atomic E-state index is 14.4. The van der Waals surface area contributed by atoms with Crippen LogP contribution in [-0.2, 0) is 4.79 Å². The Kier molecular flexibility index (Phi) is 7.19. The Hall–Kier alpha value is -4.05. The molecule has 1 aromatic heterocycles. The summed E-state index contributed by atoms with van der Waals surface area (Å²) in [5, 5.41) is 17.5. The van der Waals surface area contributed by atoms with E-state index in [2.05, 4.69) is 32.5 Å². The van der Waals surface area contributed by atoms with Crippen molar-refractivity contribution < 1.29 is 23.4 Å². The molecule has 172 valence electrons. The van der Waals surface area contributed by atoms with Crippen molar-refractivity contribution in [2.24, 2.45) is 0 Å². The molecule has 1 heterocycles. The van der Waals surface area contributed by atoms with Crippen molar-refractivity contribution in [1.82, 2.24) is 9.97 Å². The average Bonchev–Trinajstić information content (AvgIpc) is 2.78. The van der Waals surface area contributed by atoms with Crippen LogP contribution in [0.15, 0.2) is 61.3 Å². The lowest BCUT2D eigenvalue weighted by atomic mass is 10.1. The third kappa shape index (κ3) is 6.47. The number of nitrogens with zero attached hydrogens (tertiary/aromatic N) is 2. The Morgan fingerprint density at radius 2 is 1.85 bits per heavy atom. The maximum Gasteiger partial charge on any atom is 0.247 e. The van der Waals surface area contributed by atoms with Crippen LogP contribution in [0.5, 0.6) is 5.75 Å². The lowest BCUT2D eigenvalue weighted by Crippen LogP contribution is -2.32. The fourth-order valence-corrected chi connectivity index (χ4v) is 2.64. The van der Waals surface area contributed by atoms with Crippen LogP contribution in [0.25, 0.3) is 0 Å². The SMILES string of the molecule is C=CC(=O)Nc1cccc(Nc2nc(Nc3ccc(OC(C)(C)CO)c(F)c3)ncc2F)c1. The summed E-state index contributed by atoms with van der Waals surface area (Å²) in [4.78, 5) is 19.4. The monoisotopic (exact) mass is 455 g/mol. The normalized spacial score (nSPS) is 10.9. The number of nitrogens with one attached hydrogen (secondary N) is 3. The summed E-state index contributed by atoms with van der Waals surface area (Å²) in [6.45, 7) is 6.36. The van der Waals surface area contributed by atoms with Gasteiger partial charge in [0.15, 0.2) is 23.2 Å². The highest BCUT2D eigenvalue weighted by Crippen LogP contribution is 2.27. The Morgan fingerprint density at radius 3 is 2.55 bits per heavy atom. The highest BCUT2D eigenvalue weighted by Gasteiger charge is 2.20. The number of aromatic nitrogens is 2. The second-order valence-electron chi connectivity index (χ2n) is 7.58. The number of ether oxygens (including phenoxy) is 1. The van der Waals surface area contributed by atoms with Crippen LogP contribution in [-0.4, -0.2) is 33.2 Å². The van der Waals surface area contributed by atoms with Crippen LogP contribution in [0.4, 0.5) is 37.6 Å². The molecule has 0 atom stereocenters. The van der Waals surface area contributed by atoms with Gasteiger partial charge in [-0.1, -0.05) is 12.6 Å². The minimum Gasteiger partial charge on any atom is -0.482 e. The fraction of sp³-hybridized carbons (Fsp3) is 0.174. The molecule has 0 aliphatic carbocycles. The number of carbonyl (C=O) groups excluding carboxylic acids is 1. The van der Waals surface area contributed by atoms with Gasteiger partial charge in [0.2, 0.25) is 11.9 Å². The molecule has 8 nitrogen and oxygen atoms in total. The molecule has 0 aliphatic heterocycles. The standard InChI is InChI=1S/C23H23F2N5O3/c1-4-20(32)27-14-6-5-7-15(10-14)28-21-18(25)12-26-22(30-21)29-16-8-9-19(17(24)11-16)33-23(2,3)13-31/h4-12,31H,1,13H2,2-3H3,(H,27,32)(H2,26,28,29,30). The van der Waals surface area contributed by atoms with E-state index >= 15 is 0 Å². The largest absolute Gasteiger partial charge is 0.482 e. The summed E-state index contributed by atoms with van der Waals surface area (Å²) in [6.07, 6.45) is 2.11. The second kappa shape index (κ2) is 10.0. The first-order valence-electron chi connectivity index (χ1n) is 9.88. The van der Waals surface area contributed by atoms with Crippen molar-refractivity contribution in [3.05, 3.63) is 73.0 Å². The molecule has 4 N–H and O–H groups in total. The van der Waals surface area contributed by atoms with Gasteiger partial charge in [-0.25, -0.2) is 13.8 Å². The summed E-state index contributed by atoms with van der Waals surface area (Å²) < 4.78 is 34.1. The molecule has 0 unspecified atom stereocenters. The number of amides is 1. The number of hydrogen-bond donors (Lipinski definition) is 4. The van der Waals surface area contributed by atoms with Crippen molar-refractivity contribution in [2.45, 2.75) is 19.4 Å². The summed E-state index contributed by atoms with van der Waals surface area (Å²) in [7, 11) is 0. The van der Waals surface area contributed by atoms with E-state index < -0.39 is 17.2 Å². The minimum atomic E-state index is -0.942. The molecule has 0 saturated heterocycles. The van der Waals surface area contributed by atoms with E-state index in [1.165, 1.54) is 18.2 Å². The number of benzene rings is 2. The van der Waals surface area contributed by atoms with Gasteiger partial charge < -0.3 is 25.8 Å². The Bertz CT molecular complexity index is 1170. The zero-order valence-electron chi connectivity index (χ0n) is 18.0. The lowest BCUT2D eigenvalue weighted by Gasteiger charge is -2.24. The summed E-state index contributed by atoms with van der Waals surface area (Å²) >= 11 is 0. The topological polar surface area (TPSA) is 108 Å². The van der Waals surface area contributed by atoms with Gasteiger partial charge in [-0.2, -0.15) is 4.98 Å². The van der Waals surface area contributed by atoms with Crippen LogP contribution in [0.3, 0.4) is 0 Å². The first-order valence-corrected chi connectivity index (χ1v) is 9.88. The van der Waals surface area contributed by atoms with Gasteiger partial charge >= 0.3 is 0 Å². The van der Waals surface area contributed by atoms with Crippen LogP contribution >= 0.6 is 0 Å². The van der Waals surface area contributed by atoms with Gasteiger partial charge in [0, 0.05) is 23.1 Å². The molecule has 2 aromatic carbocycles. The van der Waals surface area contributed by atoms with Crippen LogP contribution in [0.1, 0.15) is 13.8 Å². The third-order valence-corrected chi connectivity index (χ3v) is 4.28. The van der Waals surface area contributed by atoms with Crippen molar-refractivity contribution in [3.63, 3.8) is 0 Å². The quantitative estimate of drug-likeness (QED) is 0.352. The van der Waals surface area contributed by atoms with Crippen LogP contribution < -0.4 is 20.7 Å². The number of aliphatic hydroxyl groups excluding tert-OH is 1. The summed E-state index contributed by atoms with van der Waals surface area (Å²) in [6, 6.07) is 10.7. The minimum absolute atomic E-state index is 0.0228. The lowest BCUT2D eigenvalue weighted by molar-refractivity contribution is -0.111. The molecule has 3 aromatic rings. The van der Waals surface area contributed by atoms with Gasteiger partial charge in [-0.3, -0.25) is 4.79 Å². The maximum absolute atomic E-state index is 14.4. The van der Waals surface area contributed by atoms with Crippen molar-refractivity contribution in [3.8, 4) is 5.75 Å². The van der Waals surface area contributed by atoms with Crippen molar-refractivity contribution in [1.29, 1.82) is 0 Å². The van der Waals surface area contributed by atoms with E-state index in [1.54, 1.807) is 38.1 Å². The molecule has 0 bridgehead atoms. The van der Waals surface area contributed by atoms with E-state index in [4.69, 9.17) is 4.74 Å². The molecule has 10 heteroatoms. The number of carbonyl (C=O) groups is 1. The molecule has 3 rings (SSSR count). The molecule has 0 radical (unpaired) electrons. The molecule has 0 aliphatic rings. The predicted octanol–water partition coefficient (Wildman–Crippen LogP) is 4.52. The fourth-order valence-electron chi connectivity index (χ4n) is 2.64. The first kappa shape index (κ1) is 23.6. The first-order chi connectivity index (χ1) is 15.7. The number of hydrogen-bond acceptors (Lipinski definition) is 7. The summed E-state index contributed by atoms with van der Waals surface area (Å²) in [5.74, 6) is -1.85. The Morgan fingerprint density at radius 1 is 1.12 bits per heavy atom. The van der Waals surface area contributed by atoms with Crippen LogP contribution in [0, 0.1) is 11.6 Å². The highest BCUT2D eigenvalue weighted by atomic mass is 19.1. The van der Waals surface area contributed by atoms with Gasteiger partial charge in [-0.15, -0.1) is 0 Å². The van der Waals surface area contributed by atoms with E-state index in [9.17, 15) is 18.7 Å².